The maximum atomic E-state index is 12.2. The molecule has 0 aromatic rings. The maximum absolute atomic E-state index is 12.2. The fraction of sp³-hybridized carbons (Fsp3) is 0.917. The standard InChI is InChI=1S/C12H24N2O2.ClH/c1-9(6-13-5)11(15)14-7-10(2)16-12(3,4)8-14;/h9-10,13H,6-8H2,1-5H3;1H. The molecule has 0 radical (unpaired) electrons. The largest absolute Gasteiger partial charge is 0.369 e. The zero-order valence-electron chi connectivity index (χ0n) is 11.4. The molecule has 0 aromatic carbocycles. The van der Waals surface area contributed by atoms with E-state index in [9.17, 15) is 4.79 Å². The van der Waals surface area contributed by atoms with Crippen molar-refractivity contribution >= 4 is 18.3 Å². The van der Waals surface area contributed by atoms with Gasteiger partial charge in [-0.15, -0.1) is 12.4 Å². The fourth-order valence-corrected chi connectivity index (χ4v) is 2.33. The minimum atomic E-state index is -0.229. The van der Waals surface area contributed by atoms with E-state index in [-0.39, 0.29) is 35.9 Å². The van der Waals surface area contributed by atoms with Crippen LogP contribution in [0.1, 0.15) is 27.7 Å². The van der Waals surface area contributed by atoms with Gasteiger partial charge in [0.2, 0.25) is 5.91 Å². The molecular formula is C12H25ClN2O2. The van der Waals surface area contributed by atoms with Crippen molar-refractivity contribution in [3.05, 3.63) is 0 Å². The first-order valence-corrected chi connectivity index (χ1v) is 5.97. The number of hydrogen-bond donors (Lipinski definition) is 1. The minimum absolute atomic E-state index is 0. The average molecular weight is 265 g/mol. The van der Waals surface area contributed by atoms with E-state index in [0.29, 0.717) is 13.1 Å². The Hall–Kier alpha value is -0.320. The summed E-state index contributed by atoms with van der Waals surface area (Å²) >= 11 is 0. The summed E-state index contributed by atoms with van der Waals surface area (Å²) < 4.78 is 5.78. The van der Waals surface area contributed by atoms with Gasteiger partial charge in [-0.1, -0.05) is 6.92 Å². The quantitative estimate of drug-likeness (QED) is 0.835. The first-order valence-electron chi connectivity index (χ1n) is 5.97. The first kappa shape index (κ1) is 16.7. The van der Waals surface area contributed by atoms with Crippen LogP contribution in [0.15, 0.2) is 0 Å². The van der Waals surface area contributed by atoms with Gasteiger partial charge in [-0.25, -0.2) is 0 Å². The van der Waals surface area contributed by atoms with Crippen molar-refractivity contribution in [1.29, 1.82) is 0 Å². The van der Waals surface area contributed by atoms with Gasteiger partial charge in [0.1, 0.15) is 0 Å². The molecule has 102 valence electrons. The molecule has 5 heteroatoms. The molecule has 2 unspecified atom stereocenters. The van der Waals surface area contributed by atoms with E-state index in [2.05, 4.69) is 5.32 Å². The lowest BCUT2D eigenvalue weighted by atomic mass is 10.0. The van der Waals surface area contributed by atoms with E-state index >= 15 is 0 Å². The van der Waals surface area contributed by atoms with Crippen LogP contribution in [0.3, 0.4) is 0 Å². The van der Waals surface area contributed by atoms with Crippen LogP contribution in [-0.2, 0) is 9.53 Å². The number of nitrogens with zero attached hydrogens (tertiary/aromatic N) is 1. The monoisotopic (exact) mass is 264 g/mol. The molecule has 0 spiro atoms. The molecule has 1 N–H and O–H groups in total. The predicted octanol–water partition coefficient (Wildman–Crippen LogP) is 1.29. The zero-order valence-corrected chi connectivity index (χ0v) is 12.3. The highest BCUT2D eigenvalue weighted by atomic mass is 35.5. The molecule has 1 saturated heterocycles. The third kappa shape index (κ3) is 4.82. The molecule has 1 aliphatic rings. The smallest absolute Gasteiger partial charge is 0.226 e. The van der Waals surface area contributed by atoms with Gasteiger partial charge in [0, 0.05) is 25.6 Å². The highest BCUT2D eigenvalue weighted by Gasteiger charge is 2.34. The van der Waals surface area contributed by atoms with E-state index in [1.54, 1.807) is 0 Å². The molecule has 0 aromatic heterocycles. The first-order chi connectivity index (χ1) is 7.35. The summed E-state index contributed by atoms with van der Waals surface area (Å²) in [4.78, 5) is 14.1. The molecule has 2 atom stereocenters. The summed E-state index contributed by atoms with van der Waals surface area (Å²) in [6, 6.07) is 0. The Morgan fingerprint density at radius 2 is 2.18 bits per heavy atom. The number of halogens is 1. The lowest BCUT2D eigenvalue weighted by Gasteiger charge is -2.42. The maximum Gasteiger partial charge on any atom is 0.226 e. The molecule has 4 nitrogen and oxygen atoms in total. The second-order valence-electron chi connectivity index (χ2n) is 5.37. The normalized spacial score (nSPS) is 25.0. The number of ether oxygens (including phenoxy) is 1. The van der Waals surface area contributed by atoms with Crippen LogP contribution in [0.2, 0.25) is 0 Å². The van der Waals surface area contributed by atoms with Crippen molar-refractivity contribution in [2.24, 2.45) is 5.92 Å². The summed E-state index contributed by atoms with van der Waals surface area (Å²) in [6.07, 6.45) is 0.120. The molecule has 1 amide bonds. The Balaban J connectivity index is 0.00000256. The Morgan fingerprint density at radius 1 is 1.59 bits per heavy atom. The lowest BCUT2D eigenvalue weighted by molar-refractivity contribution is -0.161. The zero-order chi connectivity index (χ0) is 12.3. The molecule has 1 aliphatic heterocycles. The van der Waals surface area contributed by atoms with Crippen LogP contribution < -0.4 is 5.32 Å². The Morgan fingerprint density at radius 3 is 2.65 bits per heavy atom. The van der Waals surface area contributed by atoms with Crippen LogP contribution in [0.5, 0.6) is 0 Å². The number of carbonyl (C=O) groups excluding carboxylic acids is 1. The second kappa shape index (κ2) is 6.57. The molecule has 1 heterocycles. The van der Waals surface area contributed by atoms with Crippen LogP contribution >= 0.6 is 12.4 Å². The van der Waals surface area contributed by atoms with Gasteiger partial charge in [-0.2, -0.15) is 0 Å². The average Bonchev–Trinajstić information content (AvgIpc) is 2.13. The van der Waals surface area contributed by atoms with Crippen molar-refractivity contribution in [2.45, 2.75) is 39.4 Å². The number of hydrogen-bond acceptors (Lipinski definition) is 3. The SMILES string of the molecule is CNCC(C)C(=O)N1CC(C)OC(C)(C)C1.Cl. The van der Waals surface area contributed by atoms with Crippen LogP contribution in [0.25, 0.3) is 0 Å². The summed E-state index contributed by atoms with van der Waals surface area (Å²) in [5, 5.41) is 3.04. The summed E-state index contributed by atoms with van der Waals surface area (Å²) in [5.74, 6) is 0.253. The molecule has 1 fully saturated rings. The molecule has 17 heavy (non-hydrogen) atoms. The van der Waals surface area contributed by atoms with Gasteiger partial charge in [-0.05, 0) is 27.8 Å². The minimum Gasteiger partial charge on any atom is -0.369 e. The van der Waals surface area contributed by atoms with E-state index in [1.807, 2.05) is 39.6 Å². The van der Waals surface area contributed by atoms with Gasteiger partial charge in [0.05, 0.1) is 11.7 Å². The summed E-state index contributed by atoms with van der Waals surface area (Å²) in [5.41, 5.74) is -0.229. The van der Waals surface area contributed by atoms with Gasteiger partial charge in [0.25, 0.3) is 0 Å². The number of amides is 1. The van der Waals surface area contributed by atoms with Gasteiger partial charge in [0.15, 0.2) is 0 Å². The number of rotatable bonds is 3. The highest BCUT2D eigenvalue weighted by molar-refractivity contribution is 5.85. The van der Waals surface area contributed by atoms with Crippen LogP contribution in [-0.4, -0.2) is 49.2 Å². The van der Waals surface area contributed by atoms with Crippen molar-refractivity contribution in [1.82, 2.24) is 10.2 Å². The second-order valence-corrected chi connectivity index (χ2v) is 5.37. The van der Waals surface area contributed by atoms with Crippen molar-refractivity contribution in [3.63, 3.8) is 0 Å². The van der Waals surface area contributed by atoms with Gasteiger partial charge in [-0.3, -0.25) is 4.79 Å². The van der Waals surface area contributed by atoms with Crippen LogP contribution in [0, 0.1) is 5.92 Å². The summed E-state index contributed by atoms with van der Waals surface area (Å²) in [7, 11) is 1.87. The highest BCUT2D eigenvalue weighted by Crippen LogP contribution is 2.21. The molecule has 1 rings (SSSR count). The lowest BCUT2D eigenvalue weighted by Crippen LogP contribution is -2.55. The van der Waals surface area contributed by atoms with Crippen molar-refractivity contribution < 1.29 is 9.53 Å². The fourth-order valence-electron chi connectivity index (χ4n) is 2.33. The predicted molar refractivity (Wildman–Crippen MR) is 71.5 cm³/mol. The van der Waals surface area contributed by atoms with E-state index < -0.39 is 0 Å². The molecule has 0 aliphatic carbocycles. The third-order valence-electron chi connectivity index (χ3n) is 2.81. The number of morpholine rings is 1. The van der Waals surface area contributed by atoms with E-state index in [1.165, 1.54) is 0 Å². The van der Waals surface area contributed by atoms with Gasteiger partial charge < -0.3 is 15.0 Å². The number of nitrogens with one attached hydrogen (secondary N) is 1. The molecule has 0 saturated carbocycles. The van der Waals surface area contributed by atoms with E-state index in [4.69, 9.17) is 4.74 Å². The number of carbonyl (C=O) groups is 1. The Kier molecular flexibility index (Phi) is 6.45. The van der Waals surface area contributed by atoms with Crippen LogP contribution in [0.4, 0.5) is 0 Å². The van der Waals surface area contributed by atoms with E-state index in [0.717, 1.165) is 6.54 Å². The summed E-state index contributed by atoms with van der Waals surface area (Å²) in [6.45, 7) is 10.2. The molecular weight excluding hydrogens is 240 g/mol. The van der Waals surface area contributed by atoms with Crippen molar-refractivity contribution in [2.75, 3.05) is 26.7 Å². The third-order valence-corrected chi connectivity index (χ3v) is 2.81. The van der Waals surface area contributed by atoms with Gasteiger partial charge >= 0.3 is 0 Å². The topological polar surface area (TPSA) is 41.6 Å². The molecule has 0 bridgehead atoms. The Bertz CT molecular complexity index is 259. The Labute approximate surface area is 110 Å². The van der Waals surface area contributed by atoms with Crippen molar-refractivity contribution in [3.8, 4) is 0 Å².